The summed E-state index contributed by atoms with van der Waals surface area (Å²) in [5, 5.41) is 3.25. The lowest BCUT2D eigenvalue weighted by Crippen LogP contribution is -2.22. The first-order valence-corrected chi connectivity index (χ1v) is 9.84. The highest BCUT2D eigenvalue weighted by atomic mass is 35.5. The Hall–Kier alpha value is -1.86. The summed E-state index contributed by atoms with van der Waals surface area (Å²) in [4.78, 5) is 15.2. The fourth-order valence-electron chi connectivity index (χ4n) is 2.91. The molecule has 1 heterocycles. The number of hydrogen-bond acceptors (Lipinski definition) is 3. The predicted octanol–water partition coefficient (Wildman–Crippen LogP) is 5.69. The molecule has 2 aromatic rings. The Morgan fingerprint density at radius 3 is 2.41 bits per heavy atom. The third-order valence-corrected chi connectivity index (χ3v) is 5.49. The highest BCUT2D eigenvalue weighted by Gasteiger charge is 2.32. The molecule has 1 amide bonds. The van der Waals surface area contributed by atoms with Crippen molar-refractivity contribution in [2.24, 2.45) is 0 Å². The molecule has 1 saturated heterocycles. The molecule has 0 atom stereocenters. The van der Waals surface area contributed by atoms with Gasteiger partial charge in [-0.05, 0) is 55.3 Å². The van der Waals surface area contributed by atoms with E-state index in [9.17, 15) is 18.0 Å². The van der Waals surface area contributed by atoms with E-state index in [1.54, 1.807) is 24.3 Å². The SMILES string of the molecule is O=C(CSc1ccc(Cl)cc1)Nc1cc(C(F)(F)F)ccc1N1CCCC1. The lowest BCUT2D eigenvalue weighted by Gasteiger charge is -2.23. The number of rotatable bonds is 5. The minimum Gasteiger partial charge on any atom is -0.370 e. The topological polar surface area (TPSA) is 32.3 Å². The van der Waals surface area contributed by atoms with Crippen molar-refractivity contribution in [3.05, 3.63) is 53.1 Å². The smallest absolute Gasteiger partial charge is 0.370 e. The van der Waals surface area contributed by atoms with Crippen molar-refractivity contribution in [1.82, 2.24) is 0 Å². The molecule has 144 valence electrons. The van der Waals surface area contributed by atoms with E-state index in [2.05, 4.69) is 5.32 Å². The van der Waals surface area contributed by atoms with E-state index >= 15 is 0 Å². The molecule has 1 aliphatic heterocycles. The first-order chi connectivity index (χ1) is 12.8. The van der Waals surface area contributed by atoms with Gasteiger partial charge in [0.2, 0.25) is 5.91 Å². The number of nitrogens with one attached hydrogen (secondary N) is 1. The van der Waals surface area contributed by atoms with Crippen LogP contribution >= 0.6 is 23.4 Å². The maximum Gasteiger partial charge on any atom is 0.416 e. The van der Waals surface area contributed by atoms with Gasteiger partial charge in [0, 0.05) is 23.0 Å². The van der Waals surface area contributed by atoms with Gasteiger partial charge in [-0.3, -0.25) is 4.79 Å². The second-order valence-electron chi connectivity index (χ2n) is 6.21. The van der Waals surface area contributed by atoms with E-state index in [0.717, 1.165) is 43.0 Å². The summed E-state index contributed by atoms with van der Waals surface area (Å²) in [6.07, 6.45) is -2.48. The van der Waals surface area contributed by atoms with Gasteiger partial charge in [-0.25, -0.2) is 0 Å². The summed E-state index contributed by atoms with van der Waals surface area (Å²) < 4.78 is 39.2. The van der Waals surface area contributed by atoms with Crippen molar-refractivity contribution in [1.29, 1.82) is 0 Å². The molecule has 0 saturated carbocycles. The Morgan fingerprint density at radius 2 is 1.78 bits per heavy atom. The van der Waals surface area contributed by atoms with Gasteiger partial charge in [-0.15, -0.1) is 11.8 Å². The van der Waals surface area contributed by atoms with Crippen molar-refractivity contribution in [3.63, 3.8) is 0 Å². The lowest BCUT2D eigenvalue weighted by atomic mass is 10.1. The van der Waals surface area contributed by atoms with Gasteiger partial charge in [0.05, 0.1) is 22.7 Å². The molecule has 0 spiro atoms. The molecule has 3 nitrogen and oxygen atoms in total. The first-order valence-electron chi connectivity index (χ1n) is 8.47. The highest BCUT2D eigenvalue weighted by molar-refractivity contribution is 8.00. The van der Waals surface area contributed by atoms with E-state index in [1.807, 2.05) is 4.90 Å². The Labute approximate surface area is 164 Å². The molecular formula is C19H18ClF3N2OS. The average Bonchev–Trinajstić information content (AvgIpc) is 3.15. The zero-order chi connectivity index (χ0) is 19.4. The third kappa shape index (κ3) is 5.32. The second kappa shape index (κ2) is 8.44. The van der Waals surface area contributed by atoms with Crippen molar-refractivity contribution in [3.8, 4) is 0 Å². The average molecular weight is 415 g/mol. The van der Waals surface area contributed by atoms with Crippen LogP contribution in [0.15, 0.2) is 47.4 Å². The molecular weight excluding hydrogens is 397 g/mol. The number of thioether (sulfide) groups is 1. The van der Waals surface area contributed by atoms with Gasteiger partial charge in [-0.1, -0.05) is 11.6 Å². The zero-order valence-electron chi connectivity index (χ0n) is 14.4. The number of hydrogen-bond donors (Lipinski definition) is 1. The monoisotopic (exact) mass is 414 g/mol. The number of halogens is 4. The summed E-state index contributed by atoms with van der Waals surface area (Å²) in [5.41, 5.74) is 0.0601. The zero-order valence-corrected chi connectivity index (χ0v) is 15.9. The fourth-order valence-corrected chi connectivity index (χ4v) is 3.74. The molecule has 0 aliphatic carbocycles. The lowest BCUT2D eigenvalue weighted by molar-refractivity contribution is -0.137. The molecule has 1 fully saturated rings. The maximum absolute atomic E-state index is 13.1. The van der Waals surface area contributed by atoms with E-state index in [-0.39, 0.29) is 17.3 Å². The van der Waals surface area contributed by atoms with Crippen LogP contribution in [0.2, 0.25) is 5.02 Å². The van der Waals surface area contributed by atoms with E-state index in [4.69, 9.17) is 11.6 Å². The van der Waals surface area contributed by atoms with Crippen LogP contribution in [0.1, 0.15) is 18.4 Å². The Bertz CT molecular complexity index is 806. The standard InChI is InChI=1S/C19H18ClF3N2OS/c20-14-4-6-15(7-5-14)27-12-18(26)24-16-11-13(19(21,22)23)3-8-17(16)25-9-1-2-10-25/h3-8,11H,1-2,9-10,12H2,(H,24,26). The Morgan fingerprint density at radius 1 is 1.11 bits per heavy atom. The summed E-state index contributed by atoms with van der Waals surface area (Å²) in [6, 6.07) is 10.5. The first kappa shape index (κ1) is 19.9. The van der Waals surface area contributed by atoms with E-state index in [0.29, 0.717) is 10.7 Å². The largest absolute Gasteiger partial charge is 0.416 e. The molecule has 8 heteroatoms. The molecule has 1 aliphatic rings. The number of amides is 1. The van der Waals surface area contributed by atoms with Crippen LogP contribution in [0, 0.1) is 0 Å². The van der Waals surface area contributed by atoms with Gasteiger partial charge in [0.25, 0.3) is 0 Å². The molecule has 27 heavy (non-hydrogen) atoms. The second-order valence-corrected chi connectivity index (χ2v) is 7.70. The van der Waals surface area contributed by atoms with Crippen molar-refractivity contribution in [2.75, 3.05) is 29.1 Å². The van der Waals surface area contributed by atoms with Crippen LogP contribution in [-0.2, 0) is 11.0 Å². The van der Waals surface area contributed by atoms with Crippen LogP contribution in [-0.4, -0.2) is 24.7 Å². The van der Waals surface area contributed by atoms with Crippen LogP contribution in [0.25, 0.3) is 0 Å². The third-order valence-electron chi connectivity index (χ3n) is 4.23. The summed E-state index contributed by atoms with van der Waals surface area (Å²) in [6.45, 7) is 1.54. The van der Waals surface area contributed by atoms with Crippen LogP contribution in [0.4, 0.5) is 24.5 Å². The molecule has 3 rings (SSSR count). The van der Waals surface area contributed by atoms with Gasteiger partial charge < -0.3 is 10.2 Å². The van der Waals surface area contributed by atoms with Gasteiger partial charge in [0.1, 0.15) is 0 Å². The molecule has 2 aromatic carbocycles. The molecule has 0 radical (unpaired) electrons. The minimum atomic E-state index is -4.46. The summed E-state index contributed by atoms with van der Waals surface area (Å²) in [5.74, 6) is -0.258. The Balaban J connectivity index is 1.74. The van der Waals surface area contributed by atoms with Crippen LogP contribution in [0.5, 0.6) is 0 Å². The van der Waals surface area contributed by atoms with E-state index < -0.39 is 11.7 Å². The fraction of sp³-hybridized carbons (Fsp3) is 0.316. The minimum absolute atomic E-state index is 0.0946. The molecule has 1 N–H and O–H groups in total. The van der Waals surface area contributed by atoms with Crippen LogP contribution < -0.4 is 10.2 Å². The normalized spacial score (nSPS) is 14.4. The van der Waals surface area contributed by atoms with Crippen molar-refractivity contribution < 1.29 is 18.0 Å². The quantitative estimate of drug-likeness (QED) is 0.638. The number of nitrogens with zero attached hydrogens (tertiary/aromatic N) is 1. The van der Waals surface area contributed by atoms with E-state index in [1.165, 1.54) is 17.8 Å². The number of benzene rings is 2. The van der Waals surface area contributed by atoms with Gasteiger partial charge in [0.15, 0.2) is 0 Å². The van der Waals surface area contributed by atoms with Gasteiger partial charge in [-0.2, -0.15) is 13.2 Å². The van der Waals surface area contributed by atoms with Gasteiger partial charge >= 0.3 is 6.18 Å². The number of carbonyl (C=O) groups excluding carboxylic acids is 1. The predicted molar refractivity (Wildman–Crippen MR) is 104 cm³/mol. The number of alkyl halides is 3. The number of carbonyl (C=O) groups is 1. The highest BCUT2D eigenvalue weighted by Crippen LogP contribution is 2.36. The summed E-state index contributed by atoms with van der Waals surface area (Å²) >= 11 is 7.13. The summed E-state index contributed by atoms with van der Waals surface area (Å²) in [7, 11) is 0. The van der Waals surface area contributed by atoms with Crippen molar-refractivity contribution in [2.45, 2.75) is 23.9 Å². The van der Waals surface area contributed by atoms with Crippen LogP contribution in [0.3, 0.4) is 0 Å². The molecule has 0 unspecified atom stereocenters. The molecule has 0 bridgehead atoms. The maximum atomic E-state index is 13.1. The number of anilines is 2. The van der Waals surface area contributed by atoms with Crippen molar-refractivity contribution >= 4 is 40.6 Å². The Kier molecular flexibility index (Phi) is 6.22. The molecule has 0 aromatic heterocycles.